The van der Waals surface area contributed by atoms with Crippen molar-refractivity contribution in [1.29, 1.82) is 0 Å². The largest absolute Gasteiger partial charge is 0.460 e. The molecule has 0 saturated heterocycles. The molecule has 0 aromatic rings. The summed E-state index contributed by atoms with van der Waals surface area (Å²) in [6.45, 7) is 26.6. The second-order valence-electron chi connectivity index (χ2n) is 16.8. The van der Waals surface area contributed by atoms with Gasteiger partial charge < -0.3 is 124 Å². The van der Waals surface area contributed by atoms with Crippen LogP contribution in [-0.2, 0) is 123 Å². The lowest BCUT2D eigenvalue weighted by Gasteiger charge is -2.09. The molecule has 1 N–H and O–H groups in total. The van der Waals surface area contributed by atoms with Crippen LogP contribution in [0.25, 0.3) is 0 Å². The first-order valence-corrected chi connectivity index (χ1v) is 28.9. The van der Waals surface area contributed by atoms with Gasteiger partial charge in [-0.15, -0.1) is 0 Å². The second-order valence-corrected chi connectivity index (χ2v) is 16.8. The van der Waals surface area contributed by atoms with Gasteiger partial charge in [0.25, 0.3) is 0 Å². The number of aliphatic hydroxyl groups is 1. The summed E-state index contributed by atoms with van der Waals surface area (Å²) in [5.74, 6) is -0.359. The zero-order valence-electron chi connectivity index (χ0n) is 50.0. The van der Waals surface area contributed by atoms with Crippen molar-refractivity contribution in [3.63, 3.8) is 0 Å². The number of ether oxygens (including phenoxy) is 25. The van der Waals surface area contributed by atoms with E-state index in [4.69, 9.17) is 124 Å². The van der Waals surface area contributed by atoms with Gasteiger partial charge >= 0.3 is 5.97 Å². The van der Waals surface area contributed by atoms with Gasteiger partial charge in [0.15, 0.2) is 0 Å². The van der Waals surface area contributed by atoms with Crippen LogP contribution in [0.2, 0.25) is 0 Å². The lowest BCUT2D eigenvalue weighted by molar-refractivity contribution is -0.139. The summed E-state index contributed by atoms with van der Waals surface area (Å²) in [5, 5.41) is 8.61. The SMILES string of the molecule is CC(C)=CC(=O)OCCOCCOCCOCCOCCOCCOCCOCCOCCOCCOCCOCCOCCOCCOCCOCCOCCOCCOCCOCCOCCOCCOCCOCCOCCO. The Bertz CT molecular complexity index is 1210. The van der Waals surface area contributed by atoms with Gasteiger partial charge in [-0.25, -0.2) is 4.79 Å². The quantitative estimate of drug-likeness (QED) is 0.0503. The highest BCUT2D eigenvalue weighted by Crippen LogP contribution is 1.93. The number of rotatable bonds is 75. The van der Waals surface area contributed by atoms with E-state index >= 15 is 0 Å². The minimum atomic E-state index is -0.359. The molecule has 0 atom stereocenters. The molecular formula is C55H108O27. The average molecular weight is 1200 g/mol. The molecule has 82 heavy (non-hydrogen) atoms. The van der Waals surface area contributed by atoms with E-state index in [0.29, 0.717) is 317 Å². The summed E-state index contributed by atoms with van der Waals surface area (Å²) in [4.78, 5) is 11.4. The smallest absolute Gasteiger partial charge is 0.330 e. The van der Waals surface area contributed by atoms with Gasteiger partial charge in [0.05, 0.1) is 324 Å². The normalized spacial score (nSPS) is 11.6. The van der Waals surface area contributed by atoms with Crippen LogP contribution in [0, 0.1) is 0 Å². The molecule has 0 amide bonds. The number of hydrogen-bond acceptors (Lipinski definition) is 27. The third-order valence-electron chi connectivity index (χ3n) is 9.67. The number of carbonyl (C=O) groups is 1. The topological polar surface area (TPSA) is 268 Å². The molecule has 0 radical (unpaired) electrons. The molecule has 0 heterocycles. The van der Waals surface area contributed by atoms with Crippen LogP contribution in [0.4, 0.5) is 0 Å². The molecule has 0 unspecified atom stereocenters. The molecule has 27 nitrogen and oxygen atoms in total. The van der Waals surface area contributed by atoms with Crippen molar-refractivity contribution < 1.29 is 128 Å². The monoisotopic (exact) mass is 1200 g/mol. The fourth-order valence-corrected chi connectivity index (χ4v) is 5.70. The van der Waals surface area contributed by atoms with Gasteiger partial charge in [0, 0.05) is 6.08 Å². The van der Waals surface area contributed by atoms with Crippen molar-refractivity contribution in [2.75, 3.05) is 330 Å². The summed E-state index contributed by atoms with van der Waals surface area (Å²) < 4.78 is 136. The van der Waals surface area contributed by atoms with Crippen LogP contribution in [-0.4, -0.2) is 341 Å². The average Bonchev–Trinajstić information content (AvgIpc) is 3.47. The molecule has 0 aromatic heterocycles. The fourth-order valence-electron chi connectivity index (χ4n) is 5.70. The van der Waals surface area contributed by atoms with E-state index in [1.165, 1.54) is 6.08 Å². The van der Waals surface area contributed by atoms with E-state index in [-0.39, 0.29) is 19.2 Å². The number of aliphatic hydroxyl groups excluding tert-OH is 1. The molecule has 0 fully saturated rings. The zero-order chi connectivity index (χ0) is 58.9. The molecule has 0 bridgehead atoms. The highest BCUT2D eigenvalue weighted by molar-refractivity contribution is 5.82. The molecule has 27 heteroatoms. The first-order chi connectivity index (χ1) is 40.7. The van der Waals surface area contributed by atoms with Crippen LogP contribution < -0.4 is 0 Å². The Hall–Kier alpha value is -1.79. The predicted molar refractivity (Wildman–Crippen MR) is 297 cm³/mol. The van der Waals surface area contributed by atoms with Gasteiger partial charge in [-0.2, -0.15) is 0 Å². The molecule has 0 spiro atoms. The standard InChI is InChI=1S/C55H108O27/c1-54(2)53-55(57)82-52-51-81-50-49-80-48-47-79-46-45-78-44-43-77-42-41-76-40-39-75-38-37-74-36-35-73-34-33-72-32-31-71-30-29-70-28-27-69-26-25-68-24-23-67-22-21-66-20-19-65-18-17-64-16-15-63-14-13-62-12-11-61-10-9-60-8-7-59-6-5-58-4-3-56/h53,56H,3-52H2,1-2H3. The van der Waals surface area contributed by atoms with Gasteiger partial charge in [0.1, 0.15) is 6.61 Å². The molecule has 0 aromatic carbocycles. The van der Waals surface area contributed by atoms with Crippen molar-refractivity contribution >= 4 is 5.97 Å². The van der Waals surface area contributed by atoms with Crippen LogP contribution in [0.5, 0.6) is 0 Å². The Morgan fingerprint density at radius 1 is 0.207 bits per heavy atom. The van der Waals surface area contributed by atoms with E-state index in [2.05, 4.69) is 0 Å². The van der Waals surface area contributed by atoms with E-state index in [9.17, 15) is 4.79 Å². The van der Waals surface area contributed by atoms with E-state index in [0.717, 1.165) is 5.57 Å². The minimum Gasteiger partial charge on any atom is -0.460 e. The van der Waals surface area contributed by atoms with Crippen LogP contribution >= 0.6 is 0 Å². The van der Waals surface area contributed by atoms with Gasteiger partial charge in [-0.1, -0.05) is 5.57 Å². The van der Waals surface area contributed by atoms with Gasteiger partial charge in [-0.05, 0) is 13.8 Å². The summed E-state index contributed by atoms with van der Waals surface area (Å²) in [6, 6.07) is 0. The maximum absolute atomic E-state index is 11.4. The second kappa shape index (κ2) is 75.3. The van der Waals surface area contributed by atoms with Crippen molar-refractivity contribution in [2.24, 2.45) is 0 Å². The van der Waals surface area contributed by atoms with E-state index in [1.807, 2.05) is 13.8 Å². The van der Waals surface area contributed by atoms with Crippen LogP contribution in [0.15, 0.2) is 11.6 Å². The van der Waals surface area contributed by atoms with E-state index in [1.54, 1.807) is 0 Å². The van der Waals surface area contributed by atoms with Crippen LogP contribution in [0.1, 0.15) is 13.8 Å². The molecule has 490 valence electrons. The number of hydrogen-bond donors (Lipinski definition) is 1. The third kappa shape index (κ3) is 76.2. The molecular weight excluding hydrogens is 1090 g/mol. The summed E-state index contributed by atoms with van der Waals surface area (Å²) in [7, 11) is 0. The first-order valence-electron chi connectivity index (χ1n) is 28.9. The Morgan fingerprint density at radius 2 is 0.317 bits per heavy atom. The third-order valence-corrected chi connectivity index (χ3v) is 9.67. The lowest BCUT2D eigenvalue weighted by atomic mass is 10.3. The van der Waals surface area contributed by atoms with Crippen molar-refractivity contribution in [1.82, 2.24) is 0 Å². The van der Waals surface area contributed by atoms with Gasteiger partial charge in [-0.3, -0.25) is 0 Å². The highest BCUT2D eigenvalue weighted by atomic mass is 16.6. The van der Waals surface area contributed by atoms with Crippen molar-refractivity contribution in [2.45, 2.75) is 13.8 Å². The highest BCUT2D eigenvalue weighted by Gasteiger charge is 2.02. The van der Waals surface area contributed by atoms with Gasteiger partial charge in [0.2, 0.25) is 0 Å². The Kier molecular flexibility index (Phi) is 73.7. The molecule has 0 aliphatic rings. The Labute approximate surface area is 489 Å². The maximum atomic E-state index is 11.4. The van der Waals surface area contributed by atoms with Crippen LogP contribution in [0.3, 0.4) is 0 Å². The summed E-state index contributed by atoms with van der Waals surface area (Å²) in [5.41, 5.74) is 0.893. The molecule has 0 aliphatic heterocycles. The van der Waals surface area contributed by atoms with E-state index < -0.39 is 0 Å². The summed E-state index contributed by atoms with van der Waals surface area (Å²) >= 11 is 0. The number of carbonyl (C=O) groups excluding carboxylic acids is 1. The lowest BCUT2D eigenvalue weighted by Crippen LogP contribution is -2.16. The Morgan fingerprint density at radius 3 is 0.427 bits per heavy atom. The molecule has 0 saturated carbocycles. The zero-order valence-corrected chi connectivity index (χ0v) is 50.0. The molecule has 0 rings (SSSR count). The fraction of sp³-hybridized carbons (Fsp3) is 0.945. The molecule has 0 aliphatic carbocycles. The maximum Gasteiger partial charge on any atom is 0.330 e. The Balaban J connectivity index is 3.09. The van der Waals surface area contributed by atoms with Crippen molar-refractivity contribution in [3.8, 4) is 0 Å². The van der Waals surface area contributed by atoms with Crippen molar-refractivity contribution in [3.05, 3.63) is 11.6 Å². The summed E-state index contributed by atoms with van der Waals surface area (Å²) in [6.07, 6.45) is 1.44. The first kappa shape index (κ1) is 80.2. The number of esters is 1. The predicted octanol–water partition coefficient (Wildman–Crippen LogP) is 0.886. The number of allylic oxidation sites excluding steroid dienone is 1. The minimum absolute atomic E-state index is 0.0169.